The monoisotopic (exact) mass is 283 g/mol. The quantitative estimate of drug-likeness (QED) is 0.726. The highest BCUT2D eigenvalue weighted by molar-refractivity contribution is 5.81. The molecular weight excluding hydrogens is 266 g/mol. The molecule has 2 N–H and O–H groups in total. The number of H-pyrrole nitrogens is 1. The molecule has 0 spiro atoms. The highest BCUT2D eigenvalue weighted by Crippen LogP contribution is 2.19. The number of aromatic amines is 1. The fourth-order valence-electron chi connectivity index (χ4n) is 2.22. The molecule has 0 aliphatic heterocycles. The lowest BCUT2D eigenvalue weighted by Gasteiger charge is -2.10. The Morgan fingerprint density at radius 3 is 3.00 bits per heavy atom. The number of aromatic nitrogens is 4. The third-order valence-electron chi connectivity index (χ3n) is 3.18. The van der Waals surface area contributed by atoms with Crippen molar-refractivity contribution in [1.82, 2.24) is 19.9 Å². The van der Waals surface area contributed by atoms with Crippen molar-refractivity contribution >= 4 is 17.0 Å². The van der Waals surface area contributed by atoms with Crippen molar-refractivity contribution in [2.24, 2.45) is 0 Å². The maximum atomic E-state index is 5.63. The zero-order chi connectivity index (χ0) is 14.5. The molecule has 3 rings (SSSR count). The largest absolute Gasteiger partial charge is 0.494 e. The number of imidazole rings is 1. The maximum Gasteiger partial charge on any atom is 0.182 e. The molecule has 108 valence electrons. The van der Waals surface area contributed by atoms with Gasteiger partial charge in [-0.15, -0.1) is 0 Å². The molecule has 6 heteroatoms. The van der Waals surface area contributed by atoms with E-state index in [1.54, 1.807) is 6.33 Å². The first-order valence-corrected chi connectivity index (χ1v) is 6.97. The number of hydrogen-bond donors (Lipinski definition) is 2. The van der Waals surface area contributed by atoms with Crippen LogP contribution in [0.5, 0.6) is 5.75 Å². The van der Waals surface area contributed by atoms with Gasteiger partial charge in [0.2, 0.25) is 0 Å². The van der Waals surface area contributed by atoms with Crippen LogP contribution in [0.25, 0.3) is 11.2 Å². The van der Waals surface area contributed by atoms with E-state index >= 15 is 0 Å². The van der Waals surface area contributed by atoms with Gasteiger partial charge in [-0.05, 0) is 25.0 Å². The van der Waals surface area contributed by atoms with E-state index in [4.69, 9.17) is 4.74 Å². The van der Waals surface area contributed by atoms with Gasteiger partial charge >= 0.3 is 0 Å². The molecule has 6 nitrogen and oxygen atoms in total. The van der Waals surface area contributed by atoms with Crippen LogP contribution >= 0.6 is 0 Å². The zero-order valence-electron chi connectivity index (χ0n) is 11.8. The second-order valence-corrected chi connectivity index (χ2v) is 4.54. The molecule has 0 saturated carbocycles. The average molecular weight is 283 g/mol. The van der Waals surface area contributed by atoms with Crippen LogP contribution in [0.15, 0.2) is 36.9 Å². The summed E-state index contributed by atoms with van der Waals surface area (Å²) in [5.74, 6) is 1.71. The van der Waals surface area contributed by atoms with Gasteiger partial charge in [0, 0.05) is 6.54 Å². The molecule has 0 aliphatic rings. The first-order valence-electron chi connectivity index (χ1n) is 6.97. The Hall–Kier alpha value is -2.63. The molecule has 2 heterocycles. The van der Waals surface area contributed by atoms with E-state index in [0.29, 0.717) is 12.3 Å². The minimum atomic E-state index is 0.669. The number of anilines is 1. The van der Waals surface area contributed by atoms with Crippen molar-refractivity contribution in [2.45, 2.75) is 13.3 Å². The van der Waals surface area contributed by atoms with Crippen LogP contribution in [0, 0.1) is 0 Å². The zero-order valence-corrected chi connectivity index (χ0v) is 11.8. The normalized spacial score (nSPS) is 10.7. The van der Waals surface area contributed by atoms with Crippen LogP contribution in [-0.4, -0.2) is 33.1 Å². The summed E-state index contributed by atoms with van der Waals surface area (Å²) >= 11 is 0. The van der Waals surface area contributed by atoms with E-state index < -0.39 is 0 Å². The summed E-state index contributed by atoms with van der Waals surface area (Å²) in [5, 5.41) is 3.31. The summed E-state index contributed by atoms with van der Waals surface area (Å²) in [7, 11) is 0. The number of nitrogens with zero attached hydrogens (tertiary/aromatic N) is 3. The summed E-state index contributed by atoms with van der Waals surface area (Å²) in [4.78, 5) is 15.5. The number of rotatable bonds is 6. The predicted octanol–water partition coefficient (Wildman–Crippen LogP) is 2.41. The molecule has 21 heavy (non-hydrogen) atoms. The lowest BCUT2D eigenvalue weighted by Crippen LogP contribution is -2.08. The topological polar surface area (TPSA) is 75.7 Å². The summed E-state index contributed by atoms with van der Waals surface area (Å²) in [6.45, 7) is 3.42. The van der Waals surface area contributed by atoms with E-state index in [0.717, 1.165) is 30.0 Å². The number of benzene rings is 1. The number of fused-ring (bicyclic) bond motifs is 1. The highest BCUT2D eigenvalue weighted by atomic mass is 16.5. The number of nitrogens with one attached hydrogen (secondary N) is 2. The molecule has 0 saturated heterocycles. The van der Waals surface area contributed by atoms with Gasteiger partial charge in [0.05, 0.1) is 12.9 Å². The SMILES string of the molecule is CCOc1ccccc1CCNc1ncnc2nc[nH]c12. The molecule has 3 aromatic rings. The Balaban J connectivity index is 1.68. The van der Waals surface area contributed by atoms with E-state index in [2.05, 4.69) is 31.3 Å². The van der Waals surface area contributed by atoms with Gasteiger partial charge in [-0.2, -0.15) is 0 Å². The number of ether oxygens (including phenoxy) is 1. The number of hydrogen-bond acceptors (Lipinski definition) is 5. The molecule has 0 atom stereocenters. The van der Waals surface area contributed by atoms with E-state index in [1.165, 1.54) is 11.9 Å². The molecule has 0 amide bonds. The van der Waals surface area contributed by atoms with Crippen molar-refractivity contribution < 1.29 is 4.74 Å². The molecule has 0 radical (unpaired) electrons. The smallest absolute Gasteiger partial charge is 0.182 e. The van der Waals surface area contributed by atoms with Gasteiger partial charge in [0.15, 0.2) is 11.5 Å². The van der Waals surface area contributed by atoms with Gasteiger partial charge in [-0.1, -0.05) is 18.2 Å². The molecule has 0 bridgehead atoms. The van der Waals surface area contributed by atoms with E-state index in [9.17, 15) is 0 Å². The Morgan fingerprint density at radius 2 is 2.10 bits per heavy atom. The van der Waals surface area contributed by atoms with Crippen LogP contribution in [0.1, 0.15) is 12.5 Å². The molecular formula is C15H17N5O. The summed E-state index contributed by atoms with van der Waals surface area (Å²) in [6, 6.07) is 8.09. The summed E-state index contributed by atoms with van der Waals surface area (Å²) < 4.78 is 5.63. The first kappa shape index (κ1) is 13.4. The summed E-state index contributed by atoms with van der Waals surface area (Å²) in [6.07, 6.45) is 3.99. The van der Waals surface area contributed by atoms with Crippen LogP contribution in [-0.2, 0) is 6.42 Å². The summed E-state index contributed by atoms with van der Waals surface area (Å²) in [5.41, 5.74) is 2.68. The Morgan fingerprint density at radius 1 is 1.19 bits per heavy atom. The van der Waals surface area contributed by atoms with Crippen LogP contribution in [0.3, 0.4) is 0 Å². The third-order valence-corrected chi connectivity index (χ3v) is 3.18. The minimum Gasteiger partial charge on any atom is -0.494 e. The van der Waals surface area contributed by atoms with Crippen molar-refractivity contribution in [3.8, 4) is 5.75 Å². The van der Waals surface area contributed by atoms with Crippen LogP contribution in [0.4, 0.5) is 5.82 Å². The Kier molecular flexibility index (Phi) is 3.95. The van der Waals surface area contributed by atoms with Gasteiger partial charge in [-0.3, -0.25) is 0 Å². The van der Waals surface area contributed by atoms with E-state index in [1.807, 2.05) is 25.1 Å². The first-order chi connectivity index (χ1) is 10.4. The van der Waals surface area contributed by atoms with Crippen molar-refractivity contribution in [1.29, 1.82) is 0 Å². The number of para-hydroxylation sites is 1. The van der Waals surface area contributed by atoms with Gasteiger partial charge in [0.1, 0.15) is 17.6 Å². The van der Waals surface area contributed by atoms with Crippen molar-refractivity contribution in [3.63, 3.8) is 0 Å². The van der Waals surface area contributed by atoms with E-state index in [-0.39, 0.29) is 0 Å². The van der Waals surface area contributed by atoms with Crippen LogP contribution in [0.2, 0.25) is 0 Å². The van der Waals surface area contributed by atoms with Gasteiger partial charge in [-0.25, -0.2) is 15.0 Å². The minimum absolute atomic E-state index is 0.669. The second kappa shape index (κ2) is 6.21. The molecule has 0 fully saturated rings. The molecule has 2 aromatic heterocycles. The Bertz CT molecular complexity index is 725. The predicted molar refractivity (Wildman–Crippen MR) is 81.5 cm³/mol. The second-order valence-electron chi connectivity index (χ2n) is 4.54. The highest BCUT2D eigenvalue weighted by Gasteiger charge is 2.06. The fraction of sp³-hybridized carbons (Fsp3) is 0.267. The van der Waals surface area contributed by atoms with Gasteiger partial charge in [0.25, 0.3) is 0 Å². The molecule has 0 aliphatic carbocycles. The fourth-order valence-corrected chi connectivity index (χ4v) is 2.22. The lowest BCUT2D eigenvalue weighted by atomic mass is 10.1. The lowest BCUT2D eigenvalue weighted by molar-refractivity contribution is 0.336. The maximum absolute atomic E-state index is 5.63. The van der Waals surface area contributed by atoms with Gasteiger partial charge < -0.3 is 15.0 Å². The third kappa shape index (κ3) is 2.94. The standard InChI is InChI=1S/C15H17N5O/c1-2-21-12-6-4-3-5-11(12)7-8-16-14-13-15(18-9-17-13)20-10-19-14/h3-6,9-10H,2,7-8H2,1H3,(H2,16,17,18,19,20). The average Bonchev–Trinajstić information content (AvgIpc) is 2.99. The van der Waals surface area contributed by atoms with Crippen molar-refractivity contribution in [3.05, 3.63) is 42.5 Å². The van der Waals surface area contributed by atoms with Crippen molar-refractivity contribution in [2.75, 3.05) is 18.5 Å². The molecule has 0 unspecified atom stereocenters. The van der Waals surface area contributed by atoms with Crippen LogP contribution < -0.4 is 10.1 Å². The Labute approximate surface area is 122 Å². The molecule has 1 aromatic carbocycles.